The molecular weight excluding hydrogens is 292 g/mol. The van der Waals surface area contributed by atoms with E-state index in [1.807, 2.05) is 0 Å². The monoisotopic (exact) mass is 312 g/mol. The van der Waals surface area contributed by atoms with Gasteiger partial charge >= 0.3 is 11.9 Å². The average Bonchev–Trinajstić information content (AvgIpc) is 2.52. The first-order valence-electron chi connectivity index (χ1n) is 7.19. The quantitative estimate of drug-likeness (QED) is 0.395. The maximum absolute atomic E-state index is 11.8. The molecule has 21 heavy (non-hydrogen) atoms. The second-order valence-corrected chi connectivity index (χ2v) is 4.98. The van der Waals surface area contributed by atoms with Crippen LogP contribution in [-0.2, 0) is 9.47 Å². The molecule has 0 saturated carbocycles. The van der Waals surface area contributed by atoms with Crippen molar-refractivity contribution < 1.29 is 19.1 Å². The van der Waals surface area contributed by atoms with Crippen LogP contribution in [0.4, 0.5) is 0 Å². The second-order valence-electron chi connectivity index (χ2n) is 4.60. The van der Waals surface area contributed by atoms with Gasteiger partial charge < -0.3 is 9.47 Å². The molecule has 0 aliphatic rings. The lowest BCUT2D eigenvalue weighted by molar-refractivity contribution is 0.0492. The zero-order chi connectivity index (χ0) is 15.5. The van der Waals surface area contributed by atoms with Crippen molar-refractivity contribution in [3.63, 3.8) is 0 Å². The highest BCUT2D eigenvalue weighted by Crippen LogP contribution is 2.08. The molecule has 1 aromatic rings. The summed E-state index contributed by atoms with van der Waals surface area (Å²) in [6.45, 7) is 2.73. The number of alkyl halides is 1. The number of halogens is 1. The predicted octanol–water partition coefficient (Wildman–Crippen LogP) is 3.82. The summed E-state index contributed by atoms with van der Waals surface area (Å²) >= 11 is 5.44. The maximum atomic E-state index is 11.8. The van der Waals surface area contributed by atoms with Crippen LogP contribution in [0, 0.1) is 0 Å². The molecule has 116 valence electrons. The van der Waals surface area contributed by atoms with Crippen molar-refractivity contribution in [3.05, 3.63) is 35.4 Å². The Hall–Kier alpha value is -1.55. The third-order valence-electron chi connectivity index (χ3n) is 2.90. The number of benzene rings is 1. The van der Waals surface area contributed by atoms with Gasteiger partial charge in [0.1, 0.15) is 6.61 Å². The third-order valence-corrected chi connectivity index (χ3v) is 3.05. The first kappa shape index (κ1) is 17.5. The number of carbonyl (C=O) groups excluding carboxylic acids is 2. The maximum Gasteiger partial charge on any atom is 0.338 e. The van der Waals surface area contributed by atoms with E-state index in [0.29, 0.717) is 17.7 Å². The van der Waals surface area contributed by atoms with Crippen molar-refractivity contribution in [2.45, 2.75) is 32.6 Å². The lowest BCUT2D eigenvalue weighted by atomic mass is 10.1. The Morgan fingerprint density at radius 1 is 0.905 bits per heavy atom. The molecule has 0 amide bonds. The summed E-state index contributed by atoms with van der Waals surface area (Å²) in [6, 6.07) is 6.21. The molecule has 0 fully saturated rings. The minimum Gasteiger partial charge on any atom is -0.462 e. The fourth-order valence-electron chi connectivity index (χ4n) is 1.73. The summed E-state index contributed by atoms with van der Waals surface area (Å²) < 4.78 is 10.1. The molecule has 0 unspecified atom stereocenters. The van der Waals surface area contributed by atoms with Crippen molar-refractivity contribution in [1.82, 2.24) is 0 Å². The second kappa shape index (κ2) is 10.2. The van der Waals surface area contributed by atoms with E-state index in [-0.39, 0.29) is 18.5 Å². The van der Waals surface area contributed by atoms with Gasteiger partial charge in [-0.2, -0.15) is 0 Å². The Labute approximate surface area is 130 Å². The molecule has 0 radical (unpaired) electrons. The van der Waals surface area contributed by atoms with Gasteiger partial charge in [0.25, 0.3) is 0 Å². The lowest BCUT2D eigenvalue weighted by Gasteiger charge is -2.06. The van der Waals surface area contributed by atoms with Gasteiger partial charge in [0, 0.05) is 0 Å². The van der Waals surface area contributed by atoms with Crippen molar-refractivity contribution >= 4 is 23.5 Å². The zero-order valence-corrected chi connectivity index (χ0v) is 13.0. The molecule has 5 heteroatoms. The van der Waals surface area contributed by atoms with Crippen LogP contribution in [0.2, 0.25) is 0 Å². The van der Waals surface area contributed by atoms with E-state index < -0.39 is 5.97 Å². The lowest BCUT2D eigenvalue weighted by Crippen LogP contribution is -2.09. The van der Waals surface area contributed by atoms with E-state index in [2.05, 4.69) is 6.92 Å². The number of hydrogen-bond acceptors (Lipinski definition) is 4. The van der Waals surface area contributed by atoms with Crippen LogP contribution < -0.4 is 0 Å². The molecular formula is C16H21ClO4. The summed E-state index contributed by atoms with van der Waals surface area (Å²) in [4.78, 5) is 23.3. The Balaban J connectivity index is 2.42. The van der Waals surface area contributed by atoms with E-state index in [9.17, 15) is 9.59 Å². The first-order valence-corrected chi connectivity index (χ1v) is 7.72. The number of rotatable bonds is 9. The van der Waals surface area contributed by atoms with Crippen molar-refractivity contribution in [3.8, 4) is 0 Å². The minimum absolute atomic E-state index is 0.169. The molecule has 0 aliphatic carbocycles. The van der Waals surface area contributed by atoms with Crippen LogP contribution in [0.25, 0.3) is 0 Å². The highest BCUT2D eigenvalue weighted by molar-refractivity contribution is 6.18. The Kier molecular flexibility index (Phi) is 8.51. The van der Waals surface area contributed by atoms with E-state index in [4.69, 9.17) is 21.1 Å². The van der Waals surface area contributed by atoms with Gasteiger partial charge in [-0.05, 0) is 30.7 Å². The fraction of sp³-hybridized carbons (Fsp3) is 0.500. The molecule has 0 spiro atoms. The van der Waals surface area contributed by atoms with Gasteiger partial charge in [0.05, 0.1) is 23.6 Å². The van der Waals surface area contributed by atoms with Gasteiger partial charge in [-0.25, -0.2) is 9.59 Å². The van der Waals surface area contributed by atoms with Crippen molar-refractivity contribution in [2.75, 3.05) is 19.1 Å². The molecule has 0 atom stereocenters. The average molecular weight is 313 g/mol. The zero-order valence-electron chi connectivity index (χ0n) is 12.3. The van der Waals surface area contributed by atoms with E-state index in [0.717, 1.165) is 25.7 Å². The Morgan fingerprint density at radius 3 is 1.90 bits per heavy atom. The van der Waals surface area contributed by atoms with Crippen molar-refractivity contribution in [1.29, 1.82) is 0 Å². The molecule has 0 bridgehead atoms. The first-order chi connectivity index (χ1) is 10.2. The summed E-state index contributed by atoms with van der Waals surface area (Å²) in [5.41, 5.74) is 0.819. The number of hydrogen-bond donors (Lipinski definition) is 0. The Bertz CT molecular complexity index is 442. The smallest absolute Gasteiger partial charge is 0.338 e. The van der Waals surface area contributed by atoms with Gasteiger partial charge in [-0.3, -0.25) is 0 Å². The van der Waals surface area contributed by atoms with Crippen LogP contribution in [0.15, 0.2) is 24.3 Å². The van der Waals surface area contributed by atoms with Gasteiger partial charge in [0.15, 0.2) is 0 Å². The summed E-state index contributed by atoms with van der Waals surface area (Å²) in [7, 11) is 0. The summed E-state index contributed by atoms with van der Waals surface area (Å²) in [5, 5.41) is 0. The van der Waals surface area contributed by atoms with Crippen LogP contribution in [0.1, 0.15) is 53.3 Å². The van der Waals surface area contributed by atoms with Gasteiger partial charge in [-0.1, -0.05) is 26.2 Å². The highest BCUT2D eigenvalue weighted by Gasteiger charge is 2.10. The summed E-state index contributed by atoms with van der Waals surface area (Å²) in [6.07, 6.45) is 4.24. The molecule has 1 aromatic carbocycles. The molecule has 4 nitrogen and oxygen atoms in total. The predicted molar refractivity (Wildman–Crippen MR) is 81.9 cm³/mol. The van der Waals surface area contributed by atoms with Crippen LogP contribution in [0.5, 0.6) is 0 Å². The van der Waals surface area contributed by atoms with E-state index >= 15 is 0 Å². The third kappa shape index (κ3) is 6.63. The van der Waals surface area contributed by atoms with Crippen LogP contribution >= 0.6 is 11.6 Å². The Morgan fingerprint density at radius 2 is 1.43 bits per heavy atom. The van der Waals surface area contributed by atoms with Crippen LogP contribution in [-0.4, -0.2) is 31.0 Å². The molecule has 0 aliphatic heterocycles. The molecule has 1 rings (SSSR count). The van der Waals surface area contributed by atoms with E-state index in [1.54, 1.807) is 24.3 Å². The fourth-order valence-corrected chi connectivity index (χ4v) is 1.81. The number of unbranched alkanes of at least 4 members (excludes halogenated alkanes) is 3. The largest absolute Gasteiger partial charge is 0.462 e. The molecule has 0 saturated heterocycles. The standard InChI is InChI=1S/C16H21ClO4/c1-2-3-4-5-11-20-15(18)13-6-8-14(9-7-13)16(19)21-12-10-17/h6-9H,2-5,10-12H2,1H3. The minimum atomic E-state index is -0.449. The SMILES string of the molecule is CCCCCCOC(=O)c1ccc(C(=O)OCCCl)cc1. The molecule has 0 heterocycles. The highest BCUT2D eigenvalue weighted by atomic mass is 35.5. The molecule has 0 N–H and O–H groups in total. The van der Waals surface area contributed by atoms with Crippen molar-refractivity contribution in [2.24, 2.45) is 0 Å². The normalized spacial score (nSPS) is 10.2. The number of ether oxygens (including phenoxy) is 2. The topological polar surface area (TPSA) is 52.6 Å². The van der Waals surface area contributed by atoms with Crippen LogP contribution in [0.3, 0.4) is 0 Å². The summed E-state index contributed by atoms with van der Waals surface area (Å²) in [5.74, 6) is -0.559. The van der Waals surface area contributed by atoms with E-state index in [1.165, 1.54) is 0 Å². The van der Waals surface area contributed by atoms with Gasteiger partial charge in [-0.15, -0.1) is 11.6 Å². The number of esters is 2. The van der Waals surface area contributed by atoms with Gasteiger partial charge in [0.2, 0.25) is 0 Å². The number of carbonyl (C=O) groups is 2. The molecule has 0 aromatic heterocycles.